The van der Waals surface area contributed by atoms with E-state index in [0.717, 1.165) is 18.5 Å². The Morgan fingerprint density at radius 3 is 2.84 bits per heavy atom. The van der Waals surface area contributed by atoms with Crippen LogP contribution in [-0.2, 0) is 6.42 Å². The highest BCUT2D eigenvalue weighted by Gasteiger charge is 2.32. The monoisotopic (exact) mass is 283 g/mol. The van der Waals surface area contributed by atoms with Crippen molar-refractivity contribution in [2.75, 3.05) is 6.54 Å². The molecule has 0 heterocycles. The van der Waals surface area contributed by atoms with Crippen molar-refractivity contribution >= 4 is 11.6 Å². The maximum absolute atomic E-state index is 13.1. The quantitative estimate of drug-likeness (QED) is 0.843. The first kappa shape index (κ1) is 14.8. The van der Waals surface area contributed by atoms with Crippen molar-refractivity contribution in [1.29, 1.82) is 0 Å². The summed E-state index contributed by atoms with van der Waals surface area (Å²) in [4.78, 5) is 0. The molecule has 1 nitrogen and oxygen atoms in total. The van der Waals surface area contributed by atoms with Crippen LogP contribution in [0.1, 0.15) is 38.7 Å². The normalized spacial score (nSPS) is 26.8. The van der Waals surface area contributed by atoms with Gasteiger partial charge in [0.15, 0.2) is 0 Å². The minimum absolute atomic E-state index is 0.240. The predicted molar refractivity (Wildman–Crippen MR) is 79.1 cm³/mol. The van der Waals surface area contributed by atoms with E-state index in [4.69, 9.17) is 11.6 Å². The minimum atomic E-state index is -0.327. The molecule has 0 aromatic heterocycles. The van der Waals surface area contributed by atoms with Crippen molar-refractivity contribution in [3.8, 4) is 0 Å². The largest absolute Gasteiger partial charge is 0.314 e. The lowest BCUT2D eigenvalue weighted by molar-refractivity contribution is 0.351. The molecule has 106 valence electrons. The van der Waals surface area contributed by atoms with Gasteiger partial charge in [0.2, 0.25) is 0 Å². The summed E-state index contributed by atoms with van der Waals surface area (Å²) < 4.78 is 13.1. The van der Waals surface area contributed by atoms with Gasteiger partial charge in [0.05, 0.1) is 5.02 Å². The van der Waals surface area contributed by atoms with E-state index in [1.807, 2.05) is 6.07 Å². The van der Waals surface area contributed by atoms with Gasteiger partial charge < -0.3 is 5.32 Å². The summed E-state index contributed by atoms with van der Waals surface area (Å²) in [5.41, 5.74) is 1.15. The van der Waals surface area contributed by atoms with E-state index < -0.39 is 0 Å². The maximum atomic E-state index is 13.1. The van der Waals surface area contributed by atoms with E-state index in [-0.39, 0.29) is 10.8 Å². The summed E-state index contributed by atoms with van der Waals surface area (Å²) in [7, 11) is 0. The fourth-order valence-corrected chi connectivity index (χ4v) is 3.33. The Balaban J connectivity index is 1.94. The van der Waals surface area contributed by atoms with Crippen molar-refractivity contribution < 1.29 is 4.39 Å². The van der Waals surface area contributed by atoms with E-state index in [2.05, 4.69) is 19.2 Å². The van der Waals surface area contributed by atoms with Crippen LogP contribution in [0.2, 0.25) is 5.02 Å². The molecule has 19 heavy (non-hydrogen) atoms. The van der Waals surface area contributed by atoms with Gasteiger partial charge in [-0.25, -0.2) is 4.39 Å². The Bertz CT molecular complexity index is 421. The number of rotatable bonds is 5. The first-order chi connectivity index (χ1) is 9.11. The van der Waals surface area contributed by atoms with E-state index >= 15 is 0 Å². The van der Waals surface area contributed by atoms with Gasteiger partial charge in [0, 0.05) is 6.04 Å². The predicted octanol–water partition coefficient (Wildman–Crippen LogP) is 4.44. The smallest absolute Gasteiger partial charge is 0.141 e. The molecule has 1 aromatic carbocycles. The van der Waals surface area contributed by atoms with Crippen LogP contribution in [-0.4, -0.2) is 12.6 Å². The molecule has 0 spiro atoms. The third kappa shape index (κ3) is 3.70. The molecule has 2 rings (SSSR count). The third-order valence-corrected chi connectivity index (χ3v) is 4.65. The van der Waals surface area contributed by atoms with Gasteiger partial charge in [-0.15, -0.1) is 0 Å². The second kappa shape index (κ2) is 6.71. The summed E-state index contributed by atoms with van der Waals surface area (Å²) >= 11 is 5.85. The molecule has 3 unspecified atom stereocenters. The molecule has 1 aliphatic carbocycles. The lowest BCUT2D eigenvalue weighted by Gasteiger charge is -2.22. The highest BCUT2D eigenvalue weighted by Crippen LogP contribution is 2.34. The van der Waals surface area contributed by atoms with Gasteiger partial charge >= 0.3 is 0 Å². The van der Waals surface area contributed by atoms with Crippen molar-refractivity contribution in [1.82, 2.24) is 5.32 Å². The number of halogens is 2. The molecule has 0 bridgehead atoms. The highest BCUT2D eigenvalue weighted by molar-refractivity contribution is 6.30. The third-order valence-electron chi connectivity index (χ3n) is 4.37. The fraction of sp³-hybridized carbons (Fsp3) is 0.625. The molecular formula is C16H23ClFN. The van der Waals surface area contributed by atoms with Crippen LogP contribution < -0.4 is 5.32 Å². The van der Waals surface area contributed by atoms with Crippen LogP contribution in [0.25, 0.3) is 0 Å². The van der Waals surface area contributed by atoms with Crippen LogP contribution >= 0.6 is 11.6 Å². The minimum Gasteiger partial charge on any atom is -0.314 e. The lowest BCUT2D eigenvalue weighted by Crippen LogP contribution is -2.33. The van der Waals surface area contributed by atoms with Crippen LogP contribution in [0.4, 0.5) is 4.39 Å². The Morgan fingerprint density at radius 1 is 1.37 bits per heavy atom. The van der Waals surface area contributed by atoms with Crippen molar-refractivity contribution in [3.05, 3.63) is 34.6 Å². The molecule has 0 amide bonds. The summed E-state index contributed by atoms with van der Waals surface area (Å²) in [6.45, 7) is 5.63. The van der Waals surface area contributed by atoms with E-state index in [1.165, 1.54) is 25.3 Å². The maximum Gasteiger partial charge on any atom is 0.141 e. The lowest BCUT2D eigenvalue weighted by atomic mass is 9.89. The average molecular weight is 284 g/mol. The summed E-state index contributed by atoms with van der Waals surface area (Å²) in [5.74, 6) is 1.03. The summed E-state index contributed by atoms with van der Waals surface area (Å²) in [5, 5.41) is 3.87. The molecule has 1 aliphatic rings. The van der Waals surface area contributed by atoms with Crippen LogP contribution in [0.3, 0.4) is 0 Å². The molecule has 1 N–H and O–H groups in total. The van der Waals surface area contributed by atoms with Crippen molar-refractivity contribution in [2.45, 2.75) is 45.6 Å². The van der Waals surface area contributed by atoms with Crippen molar-refractivity contribution in [2.24, 2.45) is 11.8 Å². The number of hydrogen-bond donors (Lipinski definition) is 1. The van der Waals surface area contributed by atoms with Crippen LogP contribution in [0.5, 0.6) is 0 Å². The summed E-state index contributed by atoms with van der Waals surface area (Å²) in [6.07, 6.45) is 4.69. The zero-order chi connectivity index (χ0) is 13.8. The molecule has 1 saturated carbocycles. The second-order valence-electron chi connectivity index (χ2n) is 5.71. The standard InChI is InChI=1S/C16H23ClFN/c1-3-8-19-16-7-5-13(11(16)2)9-12-4-6-15(18)14(17)10-12/h4,6,10-11,13,16,19H,3,5,7-9H2,1-2H3. The molecule has 1 fully saturated rings. The van der Waals surface area contributed by atoms with Gasteiger partial charge in [0.1, 0.15) is 5.82 Å². The van der Waals surface area contributed by atoms with Gasteiger partial charge in [-0.3, -0.25) is 0 Å². The van der Waals surface area contributed by atoms with Crippen LogP contribution in [0, 0.1) is 17.7 Å². The highest BCUT2D eigenvalue weighted by atomic mass is 35.5. The first-order valence-corrected chi connectivity index (χ1v) is 7.67. The van der Waals surface area contributed by atoms with Gasteiger partial charge in [-0.1, -0.05) is 31.5 Å². The number of nitrogens with one attached hydrogen (secondary N) is 1. The zero-order valence-corrected chi connectivity index (χ0v) is 12.5. The second-order valence-corrected chi connectivity index (χ2v) is 6.12. The first-order valence-electron chi connectivity index (χ1n) is 7.29. The average Bonchev–Trinajstić information content (AvgIpc) is 2.73. The SMILES string of the molecule is CCCNC1CCC(Cc2ccc(F)c(Cl)c2)C1C. The Morgan fingerprint density at radius 2 is 2.16 bits per heavy atom. The van der Waals surface area contributed by atoms with E-state index in [9.17, 15) is 4.39 Å². The van der Waals surface area contributed by atoms with Gasteiger partial charge in [0.25, 0.3) is 0 Å². The number of hydrogen-bond acceptors (Lipinski definition) is 1. The molecular weight excluding hydrogens is 261 g/mol. The number of benzene rings is 1. The fourth-order valence-electron chi connectivity index (χ4n) is 3.12. The molecule has 1 aromatic rings. The van der Waals surface area contributed by atoms with Crippen molar-refractivity contribution in [3.63, 3.8) is 0 Å². The van der Waals surface area contributed by atoms with Crippen LogP contribution in [0.15, 0.2) is 18.2 Å². The molecule has 3 heteroatoms. The Kier molecular flexibility index (Phi) is 5.23. The molecule has 3 atom stereocenters. The Labute approximate surface area is 120 Å². The Hall–Kier alpha value is -0.600. The zero-order valence-electron chi connectivity index (χ0n) is 11.8. The summed E-state index contributed by atoms with van der Waals surface area (Å²) in [6, 6.07) is 5.75. The molecule has 0 aliphatic heterocycles. The van der Waals surface area contributed by atoms with E-state index in [0.29, 0.717) is 17.9 Å². The van der Waals surface area contributed by atoms with Gasteiger partial charge in [-0.05, 0) is 61.8 Å². The topological polar surface area (TPSA) is 12.0 Å². The van der Waals surface area contributed by atoms with E-state index in [1.54, 1.807) is 6.07 Å². The van der Waals surface area contributed by atoms with Gasteiger partial charge in [-0.2, -0.15) is 0 Å². The molecule has 0 radical (unpaired) electrons. The molecule has 0 saturated heterocycles.